The topological polar surface area (TPSA) is 65.4 Å². The number of hydrogen-bond acceptors (Lipinski definition) is 4. The number of imidazole rings is 1. The maximum Gasteiger partial charge on any atom is 0.387 e. The second-order valence-electron chi connectivity index (χ2n) is 6.48. The van der Waals surface area contributed by atoms with Crippen molar-refractivity contribution >= 4 is 12.0 Å². The molecule has 0 aliphatic heterocycles. The Bertz CT molecular complexity index is 1080. The van der Waals surface area contributed by atoms with E-state index in [1.807, 2.05) is 0 Å². The zero-order valence-corrected chi connectivity index (χ0v) is 16.8. The number of benzene rings is 2. The maximum atomic E-state index is 13.8. The minimum atomic E-state index is -3.06. The van der Waals surface area contributed by atoms with Gasteiger partial charge in [0.15, 0.2) is 11.5 Å². The third kappa shape index (κ3) is 5.44. The Hall–Kier alpha value is -3.75. The van der Waals surface area contributed by atoms with Crippen LogP contribution in [0.25, 0.3) is 6.08 Å². The lowest BCUT2D eigenvalue weighted by Gasteiger charge is -2.18. The van der Waals surface area contributed by atoms with Crippen LogP contribution in [0.1, 0.15) is 23.0 Å². The summed E-state index contributed by atoms with van der Waals surface area (Å²) in [5, 5.41) is 2.77. The Labute approximate surface area is 176 Å². The second-order valence-corrected chi connectivity index (χ2v) is 6.48. The summed E-state index contributed by atoms with van der Waals surface area (Å²) in [6.45, 7) is -3.06. The van der Waals surface area contributed by atoms with Crippen LogP contribution in [-0.4, -0.2) is 29.2 Å². The van der Waals surface area contributed by atoms with Gasteiger partial charge in [-0.25, -0.2) is 9.37 Å². The Morgan fingerprint density at radius 2 is 2.00 bits per heavy atom. The van der Waals surface area contributed by atoms with Crippen molar-refractivity contribution < 1.29 is 27.4 Å². The summed E-state index contributed by atoms with van der Waals surface area (Å²) in [6.07, 6.45) is 5.76. The highest BCUT2D eigenvalue weighted by Crippen LogP contribution is 2.33. The van der Waals surface area contributed by atoms with Crippen molar-refractivity contribution in [1.29, 1.82) is 0 Å². The summed E-state index contributed by atoms with van der Waals surface area (Å²) in [4.78, 5) is 16.9. The van der Waals surface area contributed by atoms with Gasteiger partial charge in [0.25, 0.3) is 0 Å². The van der Waals surface area contributed by atoms with E-state index in [9.17, 15) is 18.0 Å². The summed E-state index contributed by atoms with van der Waals surface area (Å²) in [5.74, 6) is -0.575. The highest BCUT2D eigenvalue weighted by molar-refractivity contribution is 5.92. The molecule has 1 unspecified atom stereocenters. The van der Waals surface area contributed by atoms with Crippen molar-refractivity contribution in [2.75, 3.05) is 7.11 Å². The van der Waals surface area contributed by atoms with Crippen molar-refractivity contribution in [3.63, 3.8) is 0 Å². The number of hydrogen-bond donors (Lipinski definition) is 1. The van der Waals surface area contributed by atoms with E-state index >= 15 is 0 Å². The summed E-state index contributed by atoms with van der Waals surface area (Å²) in [7, 11) is 3.07. The van der Waals surface area contributed by atoms with E-state index in [1.54, 1.807) is 36.1 Å². The molecule has 0 saturated heterocycles. The average molecular weight is 431 g/mol. The fraction of sp³-hybridized carbons (Fsp3) is 0.182. The molecule has 0 fully saturated rings. The van der Waals surface area contributed by atoms with E-state index in [0.717, 1.165) is 0 Å². The van der Waals surface area contributed by atoms with Crippen LogP contribution >= 0.6 is 0 Å². The van der Waals surface area contributed by atoms with Crippen molar-refractivity contribution in [3.8, 4) is 11.5 Å². The van der Waals surface area contributed by atoms with E-state index in [1.165, 1.54) is 49.6 Å². The Morgan fingerprint density at radius 3 is 2.65 bits per heavy atom. The SMILES string of the molecule is COc1cccc(/C=C/C(=O)NC(c2cccc(F)c2)c2nccn2C)c1OC(F)F. The first-order valence-corrected chi connectivity index (χ1v) is 9.22. The molecule has 0 aliphatic rings. The smallest absolute Gasteiger partial charge is 0.387 e. The lowest BCUT2D eigenvalue weighted by Crippen LogP contribution is -2.29. The number of carbonyl (C=O) groups excluding carboxylic acids is 1. The van der Waals surface area contributed by atoms with E-state index in [4.69, 9.17) is 4.74 Å². The number of rotatable bonds is 8. The first-order chi connectivity index (χ1) is 14.9. The van der Waals surface area contributed by atoms with Crippen LogP contribution in [-0.2, 0) is 11.8 Å². The van der Waals surface area contributed by atoms with Crippen molar-refractivity contribution in [2.24, 2.45) is 7.05 Å². The van der Waals surface area contributed by atoms with Crippen LogP contribution in [0.5, 0.6) is 11.5 Å². The van der Waals surface area contributed by atoms with E-state index < -0.39 is 24.4 Å². The molecule has 9 heteroatoms. The zero-order chi connectivity index (χ0) is 22.4. The summed E-state index contributed by atoms with van der Waals surface area (Å²) >= 11 is 0. The Kier molecular flexibility index (Phi) is 6.96. The predicted molar refractivity (Wildman–Crippen MR) is 108 cm³/mol. The fourth-order valence-electron chi connectivity index (χ4n) is 3.03. The molecule has 31 heavy (non-hydrogen) atoms. The van der Waals surface area contributed by atoms with Gasteiger partial charge >= 0.3 is 6.61 Å². The third-order valence-electron chi connectivity index (χ3n) is 4.44. The zero-order valence-electron chi connectivity index (χ0n) is 16.8. The Morgan fingerprint density at radius 1 is 1.23 bits per heavy atom. The van der Waals surface area contributed by atoms with Gasteiger partial charge in [0, 0.05) is 31.1 Å². The first kappa shape index (κ1) is 21.9. The van der Waals surface area contributed by atoms with Gasteiger partial charge in [-0.1, -0.05) is 24.3 Å². The molecule has 1 heterocycles. The molecular formula is C22H20F3N3O3. The van der Waals surface area contributed by atoms with Gasteiger partial charge in [-0.3, -0.25) is 4.79 Å². The molecule has 1 aromatic heterocycles. The highest BCUT2D eigenvalue weighted by Gasteiger charge is 2.20. The second kappa shape index (κ2) is 9.84. The molecule has 3 aromatic rings. The molecular weight excluding hydrogens is 411 g/mol. The lowest BCUT2D eigenvalue weighted by atomic mass is 10.1. The van der Waals surface area contributed by atoms with Crippen molar-refractivity contribution in [2.45, 2.75) is 12.7 Å². The standard InChI is InChI=1S/C22H20F3N3O3/c1-28-12-11-26-21(28)19(15-6-3-7-16(23)13-15)27-18(29)10-9-14-5-4-8-17(30-2)20(14)31-22(24)25/h3-13,19,22H,1-2H3,(H,27,29)/b10-9+. The van der Waals surface area contributed by atoms with Gasteiger partial charge in [-0.05, 0) is 29.8 Å². The van der Waals surface area contributed by atoms with Crippen LogP contribution in [0.3, 0.4) is 0 Å². The number of nitrogens with one attached hydrogen (secondary N) is 1. The predicted octanol–water partition coefficient (Wildman–Crippen LogP) is 4.09. The third-order valence-corrected chi connectivity index (χ3v) is 4.44. The molecule has 0 radical (unpaired) electrons. The number of para-hydroxylation sites is 1. The largest absolute Gasteiger partial charge is 0.493 e. The molecule has 0 bridgehead atoms. The fourth-order valence-corrected chi connectivity index (χ4v) is 3.03. The molecule has 1 amide bonds. The van der Waals surface area contributed by atoms with E-state index in [-0.39, 0.29) is 17.1 Å². The van der Waals surface area contributed by atoms with Gasteiger partial charge in [-0.15, -0.1) is 0 Å². The molecule has 162 valence electrons. The quantitative estimate of drug-likeness (QED) is 0.546. The molecule has 1 atom stereocenters. The molecule has 3 rings (SSSR count). The number of ether oxygens (including phenoxy) is 2. The van der Waals surface area contributed by atoms with Gasteiger partial charge < -0.3 is 19.4 Å². The average Bonchev–Trinajstić information content (AvgIpc) is 3.16. The molecule has 6 nitrogen and oxygen atoms in total. The molecule has 1 N–H and O–H groups in total. The van der Waals surface area contributed by atoms with Crippen LogP contribution in [0.15, 0.2) is 60.9 Å². The number of carbonyl (C=O) groups is 1. The lowest BCUT2D eigenvalue weighted by molar-refractivity contribution is -0.117. The summed E-state index contributed by atoms with van der Waals surface area (Å²) < 4.78 is 50.6. The molecule has 0 spiro atoms. The number of nitrogens with zero attached hydrogens (tertiary/aromatic N) is 2. The maximum absolute atomic E-state index is 13.8. The Balaban J connectivity index is 1.87. The number of alkyl halides is 2. The van der Waals surface area contributed by atoms with Crippen molar-refractivity contribution in [1.82, 2.24) is 14.9 Å². The van der Waals surface area contributed by atoms with E-state index in [0.29, 0.717) is 11.4 Å². The summed E-state index contributed by atoms with van der Waals surface area (Å²) in [5.41, 5.74) is 0.730. The van der Waals surface area contributed by atoms with Gasteiger partial charge in [0.1, 0.15) is 17.7 Å². The highest BCUT2D eigenvalue weighted by atomic mass is 19.3. The van der Waals surface area contributed by atoms with Crippen molar-refractivity contribution in [3.05, 3.63) is 83.7 Å². The van der Waals surface area contributed by atoms with Crippen LogP contribution in [0.2, 0.25) is 0 Å². The monoisotopic (exact) mass is 431 g/mol. The molecule has 2 aromatic carbocycles. The number of halogens is 3. The molecule has 0 saturated carbocycles. The minimum Gasteiger partial charge on any atom is -0.493 e. The van der Waals surface area contributed by atoms with Gasteiger partial charge in [0.2, 0.25) is 5.91 Å². The molecule has 0 aliphatic carbocycles. The first-order valence-electron chi connectivity index (χ1n) is 9.22. The number of methoxy groups -OCH3 is 1. The van der Waals surface area contributed by atoms with Gasteiger partial charge in [-0.2, -0.15) is 8.78 Å². The minimum absolute atomic E-state index is 0.105. The van der Waals surface area contributed by atoms with Gasteiger partial charge in [0.05, 0.1) is 7.11 Å². The number of aromatic nitrogens is 2. The van der Waals surface area contributed by atoms with Crippen LogP contribution < -0.4 is 14.8 Å². The van der Waals surface area contributed by atoms with E-state index in [2.05, 4.69) is 15.0 Å². The number of aryl methyl sites for hydroxylation is 1. The number of amides is 1. The summed E-state index contributed by atoms with van der Waals surface area (Å²) in [6, 6.07) is 9.64. The normalized spacial score (nSPS) is 12.2. The van der Waals surface area contributed by atoms with Crippen LogP contribution in [0, 0.1) is 5.82 Å². The van der Waals surface area contributed by atoms with Crippen LogP contribution in [0.4, 0.5) is 13.2 Å².